The van der Waals surface area contributed by atoms with Crippen LogP contribution >= 0.6 is 11.3 Å². The summed E-state index contributed by atoms with van der Waals surface area (Å²) < 4.78 is 31.1. The van der Waals surface area contributed by atoms with Crippen LogP contribution in [-0.2, 0) is 6.61 Å². The maximum atomic E-state index is 13.3. The van der Waals surface area contributed by atoms with Crippen molar-refractivity contribution in [2.45, 2.75) is 6.61 Å². The molecule has 0 aliphatic rings. The summed E-state index contributed by atoms with van der Waals surface area (Å²) in [6, 6.07) is 3.00. The molecule has 19 heavy (non-hydrogen) atoms. The Labute approximate surface area is 111 Å². The number of halogens is 2. The minimum atomic E-state index is -0.796. The van der Waals surface area contributed by atoms with Gasteiger partial charge < -0.3 is 4.74 Å². The highest BCUT2D eigenvalue weighted by Gasteiger charge is 2.11. The molecule has 1 aromatic heterocycles. The minimum Gasteiger partial charge on any atom is -0.484 e. The molecule has 1 heterocycles. The molecule has 0 unspecified atom stereocenters. The van der Waals surface area contributed by atoms with Crippen molar-refractivity contribution >= 4 is 17.2 Å². The SMILES string of the molecule is NNC(=O)c1nc(COc2ccc(F)cc2F)cs1. The minimum absolute atomic E-state index is 0.0308. The number of thiazole rings is 1. The Balaban J connectivity index is 2.02. The van der Waals surface area contributed by atoms with Crippen LogP contribution in [0.2, 0.25) is 0 Å². The highest BCUT2D eigenvalue weighted by atomic mass is 32.1. The lowest BCUT2D eigenvalue weighted by atomic mass is 10.3. The molecule has 8 heteroatoms. The highest BCUT2D eigenvalue weighted by molar-refractivity contribution is 7.11. The van der Waals surface area contributed by atoms with Crippen molar-refractivity contribution in [1.82, 2.24) is 10.4 Å². The summed E-state index contributed by atoms with van der Waals surface area (Å²) in [7, 11) is 0. The van der Waals surface area contributed by atoms with Gasteiger partial charge in [-0.1, -0.05) is 0 Å². The van der Waals surface area contributed by atoms with E-state index in [9.17, 15) is 13.6 Å². The van der Waals surface area contributed by atoms with Crippen LogP contribution in [0.25, 0.3) is 0 Å². The molecule has 100 valence electrons. The average Bonchev–Trinajstić information content (AvgIpc) is 2.85. The molecule has 1 aromatic carbocycles. The van der Waals surface area contributed by atoms with E-state index < -0.39 is 17.5 Å². The Bertz CT molecular complexity index is 603. The largest absolute Gasteiger partial charge is 0.484 e. The molecule has 0 radical (unpaired) electrons. The number of hydrogen-bond donors (Lipinski definition) is 2. The van der Waals surface area contributed by atoms with Crippen molar-refractivity contribution in [3.8, 4) is 5.75 Å². The van der Waals surface area contributed by atoms with E-state index >= 15 is 0 Å². The van der Waals surface area contributed by atoms with E-state index in [0.717, 1.165) is 23.5 Å². The second-order valence-corrected chi connectivity index (χ2v) is 4.34. The number of carbonyl (C=O) groups is 1. The quantitative estimate of drug-likeness (QED) is 0.508. The number of benzene rings is 1. The first-order valence-corrected chi connectivity index (χ1v) is 6.01. The van der Waals surface area contributed by atoms with Gasteiger partial charge in [0.2, 0.25) is 0 Å². The molecule has 2 rings (SSSR count). The number of carbonyl (C=O) groups excluding carboxylic acids is 1. The molecule has 0 bridgehead atoms. The van der Waals surface area contributed by atoms with Crippen LogP contribution in [0.3, 0.4) is 0 Å². The topological polar surface area (TPSA) is 77.2 Å². The van der Waals surface area contributed by atoms with E-state index in [2.05, 4.69) is 4.98 Å². The Morgan fingerprint density at radius 1 is 1.47 bits per heavy atom. The number of amides is 1. The van der Waals surface area contributed by atoms with Crippen LogP contribution in [0.15, 0.2) is 23.6 Å². The van der Waals surface area contributed by atoms with Gasteiger partial charge in [-0.15, -0.1) is 11.3 Å². The molecule has 0 atom stereocenters. The predicted octanol–water partition coefficient (Wildman–Crippen LogP) is 1.60. The molecule has 0 aliphatic heterocycles. The van der Waals surface area contributed by atoms with Gasteiger partial charge in [-0.3, -0.25) is 10.2 Å². The Kier molecular flexibility index (Phi) is 4.03. The fourth-order valence-corrected chi connectivity index (χ4v) is 1.99. The van der Waals surface area contributed by atoms with Crippen LogP contribution in [-0.4, -0.2) is 10.9 Å². The molecule has 0 saturated heterocycles. The van der Waals surface area contributed by atoms with Crippen LogP contribution in [0.4, 0.5) is 8.78 Å². The molecular formula is C11H9F2N3O2S. The van der Waals surface area contributed by atoms with Gasteiger partial charge in [0.15, 0.2) is 16.6 Å². The van der Waals surface area contributed by atoms with Crippen molar-refractivity contribution in [3.63, 3.8) is 0 Å². The van der Waals surface area contributed by atoms with Crippen molar-refractivity contribution in [1.29, 1.82) is 0 Å². The van der Waals surface area contributed by atoms with E-state index in [0.29, 0.717) is 5.69 Å². The molecule has 5 nitrogen and oxygen atoms in total. The number of rotatable bonds is 4. The highest BCUT2D eigenvalue weighted by Crippen LogP contribution is 2.19. The second-order valence-electron chi connectivity index (χ2n) is 3.48. The number of nitrogen functional groups attached to an aromatic ring is 1. The normalized spacial score (nSPS) is 10.3. The Hall–Kier alpha value is -2.06. The number of hydrazine groups is 1. The molecule has 2 aromatic rings. The third kappa shape index (κ3) is 3.24. The molecule has 0 aliphatic carbocycles. The van der Waals surface area contributed by atoms with E-state index in [1.807, 2.05) is 5.43 Å². The summed E-state index contributed by atoms with van der Waals surface area (Å²) in [5.41, 5.74) is 2.40. The summed E-state index contributed by atoms with van der Waals surface area (Å²) in [4.78, 5) is 15.1. The van der Waals surface area contributed by atoms with Gasteiger partial charge in [-0.25, -0.2) is 19.6 Å². The van der Waals surface area contributed by atoms with Gasteiger partial charge >= 0.3 is 0 Å². The van der Waals surface area contributed by atoms with Gasteiger partial charge in [0.05, 0.1) is 5.69 Å². The maximum Gasteiger partial charge on any atom is 0.294 e. The molecule has 1 amide bonds. The summed E-state index contributed by atoms with van der Waals surface area (Å²) in [6.45, 7) is -0.0308. The Morgan fingerprint density at radius 3 is 2.95 bits per heavy atom. The van der Waals surface area contributed by atoms with Crippen LogP contribution < -0.4 is 16.0 Å². The standard InChI is InChI=1S/C11H9F2N3O2S/c12-6-1-2-9(8(13)3-6)18-4-7-5-19-11(15-7)10(17)16-14/h1-3,5H,4,14H2,(H,16,17). The fraction of sp³-hybridized carbons (Fsp3) is 0.0909. The van der Waals surface area contributed by atoms with Crippen molar-refractivity contribution in [2.24, 2.45) is 5.84 Å². The summed E-state index contributed by atoms with van der Waals surface area (Å²) in [5.74, 6) is 2.89. The molecule has 0 saturated carbocycles. The van der Waals surface area contributed by atoms with Crippen LogP contribution in [0.5, 0.6) is 5.75 Å². The number of nitrogens with one attached hydrogen (secondary N) is 1. The number of hydrogen-bond acceptors (Lipinski definition) is 5. The van der Waals surface area contributed by atoms with Crippen LogP contribution in [0.1, 0.15) is 15.5 Å². The van der Waals surface area contributed by atoms with E-state index in [1.165, 1.54) is 6.07 Å². The lowest BCUT2D eigenvalue weighted by Gasteiger charge is -2.05. The van der Waals surface area contributed by atoms with E-state index in [1.54, 1.807) is 5.38 Å². The monoisotopic (exact) mass is 285 g/mol. The third-order valence-electron chi connectivity index (χ3n) is 2.15. The summed E-state index contributed by atoms with van der Waals surface area (Å²) >= 11 is 1.09. The molecular weight excluding hydrogens is 276 g/mol. The van der Waals surface area contributed by atoms with Gasteiger partial charge in [0, 0.05) is 11.4 Å². The summed E-state index contributed by atoms with van der Waals surface area (Å²) in [5, 5.41) is 1.77. The molecule has 0 spiro atoms. The van der Waals surface area contributed by atoms with Crippen molar-refractivity contribution in [2.75, 3.05) is 0 Å². The maximum absolute atomic E-state index is 13.3. The first-order valence-electron chi connectivity index (χ1n) is 5.13. The Morgan fingerprint density at radius 2 is 2.26 bits per heavy atom. The van der Waals surface area contributed by atoms with Crippen molar-refractivity contribution in [3.05, 3.63) is 45.9 Å². The van der Waals surface area contributed by atoms with Crippen LogP contribution in [0, 0.1) is 11.6 Å². The zero-order chi connectivity index (χ0) is 13.8. The first kappa shape index (κ1) is 13.4. The first-order chi connectivity index (χ1) is 9.10. The van der Waals surface area contributed by atoms with Gasteiger partial charge in [-0.05, 0) is 12.1 Å². The smallest absolute Gasteiger partial charge is 0.294 e. The average molecular weight is 285 g/mol. The fourth-order valence-electron chi connectivity index (χ4n) is 1.28. The number of aromatic nitrogens is 1. The third-order valence-corrected chi connectivity index (χ3v) is 3.04. The lowest BCUT2D eigenvalue weighted by molar-refractivity contribution is 0.0953. The van der Waals surface area contributed by atoms with Crippen molar-refractivity contribution < 1.29 is 18.3 Å². The molecule has 0 fully saturated rings. The van der Waals surface area contributed by atoms with Gasteiger partial charge in [-0.2, -0.15) is 0 Å². The number of nitrogens with two attached hydrogens (primary N) is 1. The zero-order valence-electron chi connectivity index (χ0n) is 9.52. The number of ether oxygens (including phenoxy) is 1. The van der Waals surface area contributed by atoms with E-state index in [4.69, 9.17) is 10.6 Å². The van der Waals surface area contributed by atoms with E-state index in [-0.39, 0.29) is 17.4 Å². The zero-order valence-corrected chi connectivity index (χ0v) is 10.3. The molecule has 3 N–H and O–H groups in total. The second kappa shape index (κ2) is 5.72. The van der Waals surface area contributed by atoms with Gasteiger partial charge in [0.1, 0.15) is 12.4 Å². The number of nitrogens with zero attached hydrogens (tertiary/aromatic N) is 1. The predicted molar refractivity (Wildman–Crippen MR) is 64.5 cm³/mol. The summed E-state index contributed by atoms with van der Waals surface area (Å²) in [6.07, 6.45) is 0. The van der Waals surface area contributed by atoms with Gasteiger partial charge in [0.25, 0.3) is 5.91 Å². The lowest BCUT2D eigenvalue weighted by Crippen LogP contribution is -2.29.